The zero-order chi connectivity index (χ0) is 13.0. The second kappa shape index (κ2) is 5.46. The lowest BCUT2D eigenvalue weighted by Crippen LogP contribution is -2.13. The van der Waals surface area contributed by atoms with E-state index in [0.717, 1.165) is 5.69 Å². The van der Waals surface area contributed by atoms with Crippen LogP contribution in [0.2, 0.25) is 0 Å². The third kappa shape index (κ3) is 2.95. The van der Waals surface area contributed by atoms with Crippen LogP contribution in [0.25, 0.3) is 0 Å². The van der Waals surface area contributed by atoms with Crippen LogP contribution in [0.15, 0.2) is 16.7 Å². The van der Waals surface area contributed by atoms with Gasteiger partial charge in [0, 0.05) is 12.2 Å². The van der Waals surface area contributed by atoms with E-state index in [-0.39, 0.29) is 5.97 Å². The molecule has 0 bridgehead atoms. The van der Waals surface area contributed by atoms with Crippen LogP contribution in [0.1, 0.15) is 27.9 Å². The SMILES string of the molecule is COC(=O)c1ccc(CNCc2nc(C)no2)[nH]1. The van der Waals surface area contributed by atoms with Crippen molar-refractivity contribution in [3.05, 3.63) is 35.2 Å². The highest BCUT2D eigenvalue weighted by atomic mass is 16.5. The topological polar surface area (TPSA) is 93.0 Å². The zero-order valence-corrected chi connectivity index (χ0v) is 10.2. The number of esters is 1. The Morgan fingerprint density at radius 3 is 3.00 bits per heavy atom. The molecule has 7 nitrogen and oxygen atoms in total. The van der Waals surface area contributed by atoms with Crippen LogP contribution in [0, 0.1) is 6.92 Å². The van der Waals surface area contributed by atoms with Gasteiger partial charge in [-0.05, 0) is 19.1 Å². The molecular formula is C11H14N4O3. The molecule has 2 rings (SSSR count). The van der Waals surface area contributed by atoms with Gasteiger partial charge in [-0.2, -0.15) is 4.98 Å². The highest BCUT2D eigenvalue weighted by Gasteiger charge is 2.08. The number of nitrogens with zero attached hydrogens (tertiary/aromatic N) is 2. The van der Waals surface area contributed by atoms with Crippen molar-refractivity contribution in [2.45, 2.75) is 20.0 Å². The van der Waals surface area contributed by atoms with Crippen molar-refractivity contribution in [2.24, 2.45) is 0 Å². The lowest BCUT2D eigenvalue weighted by Gasteiger charge is -1.99. The van der Waals surface area contributed by atoms with E-state index in [1.807, 2.05) is 6.07 Å². The molecule has 0 spiro atoms. The molecule has 0 aliphatic carbocycles. The first-order chi connectivity index (χ1) is 8.69. The number of aromatic nitrogens is 3. The van der Waals surface area contributed by atoms with Crippen molar-refractivity contribution < 1.29 is 14.1 Å². The molecule has 0 radical (unpaired) electrons. The van der Waals surface area contributed by atoms with Crippen molar-refractivity contribution in [3.8, 4) is 0 Å². The molecule has 0 atom stereocenters. The monoisotopic (exact) mass is 250 g/mol. The minimum absolute atomic E-state index is 0.381. The van der Waals surface area contributed by atoms with Crippen LogP contribution in [-0.4, -0.2) is 28.2 Å². The third-order valence-electron chi connectivity index (χ3n) is 2.31. The fourth-order valence-corrected chi connectivity index (χ4v) is 1.49. The molecule has 0 aliphatic heterocycles. The van der Waals surface area contributed by atoms with Crippen molar-refractivity contribution in [1.82, 2.24) is 20.4 Å². The predicted octanol–water partition coefficient (Wildman–Crippen LogP) is 0.783. The summed E-state index contributed by atoms with van der Waals surface area (Å²) in [5.41, 5.74) is 1.31. The van der Waals surface area contributed by atoms with E-state index in [1.54, 1.807) is 13.0 Å². The first-order valence-corrected chi connectivity index (χ1v) is 5.45. The molecule has 2 aromatic heterocycles. The molecule has 7 heteroatoms. The number of nitrogens with one attached hydrogen (secondary N) is 2. The largest absolute Gasteiger partial charge is 0.464 e. The predicted molar refractivity (Wildman–Crippen MR) is 61.7 cm³/mol. The van der Waals surface area contributed by atoms with E-state index >= 15 is 0 Å². The van der Waals surface area contributed by atoms with Crippen molar-refractivity contribution in [1.29, 1.82) is 0 Å². The van der Waals surface area contributed by atoms with Gasteiger partial charge < -0.3 is 19.6 Å². The molecule has 0 aliphatic rings. The van der Waals surface area contributed by atoms with Gasteiger partial charge in [0.1, 0.15) is 5.69 Å². The molecule has 0 fully saturated rings. The number of H-pyrrole nitrogens is 1. The van der Waals surface area contributed by atoms with Crippen LogP contribution >= 0.6 is 0 Å². The summed E-state index contributed by atoms with van der Waals surface area (Å²) >= 11 is 0. The van der Waals surface area contributed by atoms with Gasteiger partial charge in [-0.1, -0.05) is 5.16 Å². The number of aryl methyl sites for hydroxylation is 1. The van der Waals surface area contributed by atoms with Gasteiger partial charge in [0.25, 0.3) is 0 Å². The number of methoxy groups -OCH3 is 1. The maximum atomic E-state index is 11.2. The summed E-state index contributed by atoms with van der Waals surface area (Å²) < 4.78 is 9.56. The summed E-state index contributed by atoms with van der Waals surface area (Å²) in [7, 11) is 1.35. The summed E-state index contributed by atoms with van der Waals surface area (Å²) in [5, 5.41) is 6.81. The lowest BCUT2D eigenvalue weighted by atomic mass is 10.4. The van der Waals surface area contributed by atoms with Gasteiger partial charge in [0.2, 0.25) is 5.89 Å². The highest BCUT2D eigenvalue weighted by molar-refractivity contribution is 5.87. The fraction of sp³-hybridized carbons (Fsp3) is 0.364. The molecular weight excluding hydrogens is 236 g/mol. The van der Waals surface area contributed by atoms with Crippen LogP contribution < -0.4 is 5.32 Å². The molecule has 0 unspecified atom stereocenters. The molecule has 0 aromatic carbocycles. The van der Waals surface area contributed by atoms with Crippen LogP contribution in [0.4, 0.5) is 0 Å². The Morgan fingerprint density at radius 1 is 1.50 bits per heavy atom. The molecule has 18 heavy (non-hydrogen) atoms. The average Bonchev–Trinajstić information content (AvgIpc) is 2.98. The number of carbonyl (C=O) groups excluding carboxylic acids is 1. The standard InChI is InChI=1S/C11H14N4O3/c1-7-13-10(18-15-7)6-12-5-8-3-4-9(14-8)11(16)17-2/h3-4,12,14H,5-6H2,1-2H3. The second-order valence-electron chi connectivity index (χ2n) is 3.73. The van der Waals surface area contributed by atoms with E-state index in [0.29, 0.717) is 30.5 Å². The van der Waals surface area contributed by atoms with Crippen LogP contribution in [0.3, 0.4) is 0 Å². The Kier molecular flexibility index (Phi) is 3.73. The number of rotatable bonds is 5. The maximum Gasteiger partial charge on any atom is 0.354 e. The molecule has 2 aromatic rings. The average molecular weight is 250 g/mol. The summed E-state index contributed by atoms with van der Waals surface area (Å²) in [6.45, 7) is 2.81. The van der Waals surface area contributed by atoms with Crippen molar-refractivity contribution in [3.63, 3.8) is 0 Å². The van der Waals surface area contributed by atoms with Gasteiger partial charge in [-0.15, -0.1) is 0 Å². The number of hydrogen-bond donors (Lipinski definition) is 2. The Balaban J connectivity index is 1.83. The fourth-order valence-electron chi connectivity index (χ4n) is 1.49. The second-order valence-corrected chi connectivity index (χ2v) is 3.73. The number of ether oxygens (including phenoxy) is 1. The summed E-state index contributed by atoms with van der Waals surface area (Å²) in [6, 6.07) is 3.50. The van der Waals surface area contributed by atoms with Crippen LogP contribution in [0.5, 0.6) is 0 Å². The van der Waals surface area contributed by atoms with E-state index in [9.17, 15) is 4.79 Å². The molecule has 2 heterocycles. The van der Waals surface area contributed by atoms with Gasteiger partial charge in [-0.25, -0.2) is 4.79 Å². The van der Waals surface area contributed by atoms with Crippen LogP contribution in [-0.2, 0) is 17.8 Å². The van der Waals surface area contributed by atoms with Crippen molar-refractivity contribution in [2.75, 3.05) is 7.11 Å². The number of hydrogen-bond acceptors (Lipinski definition) is 6. The van der Waals surface area contributed by atoms with Crippen molar-refractivity contribution >= 4 is 5.97 Å². The first-order valence-electron chi connectivity index (χ1n) is 5.45. The summed E-state index contributed by atoms with van der Waals surface area (Å²) in [4.78, 5) is 18.2. The molecule has 0 amide bonds. The first kappa shape index (κ1) is 12.3. The Labute approximate surface area is 104 Å². The van der Waals surface area contributed by atoms with E-state index < -0.39 is 0 Å². The quantitative estimate of drug-likeness (QED) is 0.762. The van der Waals surface area contributed by atoms with Gasteiger partial charge in [0.15, 0.2) is 5.82 Å². The molecule has 2 N–H and O–H groups in total. The van der Waals surface area contributed by atoms with E-state index in [2.05, 4.69) is 25.2 Å². The van der Waals surface area contributed by atoms with Gasteiger partial charge in [-0.3, -0.25) is 0 Å². The molecule has 96 valence electrons. The van der Waals surface area contributed by atoms with E-state index in [4.69, 9.17) is 4.52 Å². The Morgan fingerprint density at radius 2 is 2.33 bits per heavy atom. The van der Waals surface area contributed by atoms with Gasteiger partial charge >= 0.3 is 5.97 Å². The molecule has 0 saturated heterocycles. The van der Waals surface area contributed by atoms with E-state index in [1.165, 1.54) is 7.11 Å². The minimum atomic E-state index is -0.381. The maximum absolute atomic E-state index is 11.2. The summed E-state index contributed by atoms with van der Waals surface area (Å²) in [5.74, 6) is 0.765. The summed E-state index contributed by atoms with van der Waals surface area (Å²) in [6.07, 6.45) is 0. The minimum Gasteiger partial charge on any atom is -0.464 e. The Bertz CT molecular complexity index is 532. The number of carbonyl (C=O) groups is 1. The molecule has 0 saturated carbocycles. The lowest BCUT2D eigenvalue weighted by molar-refractivity contribution is 0.0594. The smallest absolute Gasteiger partial charge is 0.354 e. The zero-order valence-electron chi connectivity index (χ0n) is 10.2. The normalized spacial score (nSPS) is 10.6. The Hall–Kier alpha value is -2.15. The highest BCUT2D eigenvalue weighted by Crippen LogP contribution is 2.03. The third-order valence-corrected chi connectivity index (χ3v) is 2.31. The number of aromatic amines is 1. The van der Waals surface area contributed by atoms with Gasteiger partial charge in [0.05, 0.1) is 13.7 Å².